The molecule has 2 aromatic heterocycles. The van der Waals surface area contributed by atoms with Crippen molar-refractivity contribution >= 4 is 44.9 Å². The molecule has 0 saturated heterocycles. The van der Waals surface area contributed by atoms with Gasteiger partial charge in [0, 0.05) is 27.9 Å². The maximum absolute atomic E-state index is 12.4. The van der Waals surface area contributed by atoms with Gasteiger partial charge in [-0.2, -0.15) is 0 Å². The number of carbonyl (C=O) groups is 1. The zero-order chi connectivity index (χ0) is 18.3. The Labute approximate surface area is 152 Å². The van der Waals surface area contributed by atoms with Crippen LogP contribution < -0.4 is 14.9 Å². The summed E-state index contributed by atoms with van der Waals surface area (Å²) < 4.78 is 12.7. The fourth-order valence-electron chi connectivity index (χ4n) is 2.95. The van der Waals surface area contributed by atoms with Gasteiger partial charge < -0.3 is 14.5 Å². The molecule has 26 heavy (non-hydrogen) atoms. The number of benzene rings is 2. The summed E-state index contributed by atoms with van der Waals surface area (Å²) in [7, 11) is 1.55. The quantitative estimate of drug-likeness (QED) is 0.595. The first kappa shape index (κ1) is 16.4. The van der Waals surface area contributed by atoms with E-state index >= 15 is 0 Å². The van der Waals surface area contributed by atoms with E-state index in [1.165, 1.54) is 4.57 Å². The van der Waals surface area contributed by atoms with E-state index in [2.05, 4.69) is 5.32 Å². The molecule has 132 valence electrons. The van der Waals surface area contributed by atoms with E-state index in [9.17, 15) is 9.59 Å². The first-order valence-electron chi connectivity index (χ1n) is 8.01. The number of amides is 1. The van der Waals surface area contributed by atoms with Gasteiger partial charge in [-0.05, 0) is 19.1 Å². The standard InChI is InChI=1S/C19H16N2O4S/c1-11-10-26-19(23)21(11)9-18(22)20-14-8-16-13(7-17(14)24-2)12-5-3-4-6-15(12)25-16/h3-8,10H,9H2,1-2H3,(H,20,22). The summed E-state index contributed by atoms with van der Waals surface area (Å²) >= 11 is 1.08. The van der Waals surface area contributed by atoms with Crippen LogP contribution in [-0.2, 0) is 11.3 Å². The minimum absolute atomic E-state index is 0.0461. The highest BCUT2D eigenvalue weighted by molar-refractivity contribution is 7.07. The molecule has 0 fully saturated rings. The van der Waals surface area contributed by atoms with Crippen LogP contribution in [0.4, 0.5) is 5.69 Å². The molecular formula is C19H16N2O4S. The molecule has 1 N–H and O–H groups in total. The van der Waals surface area contributed by atoms with Gasteiger partial charge >= 0.3 is 4.87 Å². The monoisotopic (exact) mass is 368 g/mol. The molecule has 0 spiro atoms. The summed E-state index contributed by atoms with van der Waals surface area (Å²) in [5, 5.41) is 6.45. The Balaban J connectivity index is 1.70. The molecule has 6 nitrogen and oxygen atoms in total. The second kappa shape index (κ2) is 6.34. The van der Waals surface area contributed by atoms with Crippen molar-refractivity contribution < 1.29 is 13.9 Å². The van der Waals surface area contributed by atoms with Crippen LogP contribution in [0.2, 0.25) is 0 Å². The highest BCUT2D eigenvalue weighted by atomic mass is 32.1. The van der Waals surface area contributed by atoms with Gasteiger partial charge in [0.15, 0.2) is 0 Å². The number of hydrogen-bond donors (Lipinski definition) is 1. The molecule has 0 bridgehead atoms. The van der Waals surface area contributed by atoms with Gasteiger partial charge in [0.25, 0.3) is 0 Å². The predicted octanol–water partition coefficient (Wildman–Crippen LogP) is 3.76. The Kier molecular flexibility index (Phi) is 4.00. The molecule has 4 aromatic rings. The number of ether oxygens (including phenoxy) is 1. The SMILES string of the molecule is COc1cc2c(cc1NC(=O)Cn1c(C)csc1=O)oc1ccccc12. The number of thiazole rings is 1. The molecule has 2 aromatic carbocycles. The summed E-state index contributed by atoms with van der Waals surface area (Å²) in [6, 6.07) is 11.3. The number of nitrogens with one attached hydrogen (secondary N) is 1. The lowest BCUT2D eigenvalue weighted by molar-refractivity contribution is -0.116. The average molecular weight is 368 g/mol. The molecule has 4 rings (SSSR count). The van der Waals surface area contributed by atoms with Crippen LogP contribution in [0.1, 0.15) is 5.69 Å². The topological polar surface area (TPSA) is 73.5 Å². The Bertz CT molecular complexity index is 1190. The van der Waals surface area contributed by atoms with Crippen molar-refractivity contribution in [3.63, 3.8) is 0 Å². The van der Waals surface area contributed by atoms with E-state index in [1.807, 2.05) is 30.3 Å². The average Bonchev–Trinajstić information content (AvgIpc) is 3.15. The van der Waals surface area contributed by atoms with Crippen LogP contribution in [0, 0.1) is 6.92 Å². The number of hydrogen-bond acceptors (Lipinski definition) is 5. The van der Waals surface area contributed by atoms with Crippen molar-refractivity contribution in [2.75, 3.05) is 12.4 Å². The Morgan fingerprint density at radius 3 is 2.77 bits per heavy atom. The number of fused-ring (bicyclic) bond motifs is 3. The molecule has 0 aliphatic rings. The van der Waals surface area contributed by atoms with E-state index in [0.29, 0.717) is 17.0 Å². The summed E-state index contributed by atoms with van der Waals surface area (Å²) in [6.45, 7) is 1.75. The van der Waals surface area contributed by atoms with Crippen LogP contribution >= 0.6 is 11.3 Å². The number of para-hydroxylation sites is 1. The van der Waals surface area contributed by atoms with Gasteiger partial charge in [-0.25, -0.2) is 0 Å². The first-order chi connectivity index (χ1) is 12.6. The number of carbonyl (C=O) groups excluding carboxylic acids is 1. The smallest absolute Gasteiger partial charge is 0.307 e. The van der Waals surface area contributed by atoms with Crippen LogP contribution in [0.25, 0.3) is 21.9 Å². The van der Waals surface area contributed by atoms with Gasteiger partial charge in [0.2, 0.25) is 5.91 Å². The maximum Gasteiger partial charge on any atom is 0.307 e. The van der Waals surface area contributed by atoms with Gasteiger partial charge in [0.05, 0.1) is 12.8 Å². The first-order valence-corrected chi connectivity index (χ1v) is 8.89. The van der Waals surface area contributed by atoms with Crippen molar-refractivity contribution in [3.8, 4) is 5.75 Å². The Morgan fingerprint density at radius 1 is 1.23 bits per heavy atom. The minimum Gasteiger partial charge on any atom is -0.495 e. The van der Waals surface area contributed by atoms with Crippen molar-refractivity contribution in [2.45, 2.75) is 13.5 Å². The van der Waals surface area contributed by atoms with Gasteiger partial charge in [-0.3, -0.25) is 14.2 Å². The molecule has 2 heterocycles. The molecule has 0 atom stereocenters. The number of rotatable bonds is 4. The third-order valence-electron chi connectivity index (χ3n) is 4.25. The summed E-state index contributed by atoms with van der Waals surface area (Å²) in [4.78, 5) is 24.0. The predicted molar refractivity (Wildman–Crippen MR) is 102 cm³/mol. The van der Waals surface area contributed by atoms with Crippen molar-refractivity contribution in [1.29, 1.82) is 0 Å². The van der Waals surface area contributed by atoms with Gasteiger partial charge in [0.1, 0.15) is 23.5 Å². The van der Waals surface area contributed by atoms with Crippen molar-refractivity contribution in [3.05, 3.63) is 57.1 Å². The van der Waals surface area contributed by atoms with E-state index < -0.39 is 0 Å². The maximum atomic E-state index is 12.4. The highest BCUT2D eigenvalue weighted by Gasteiger charge is 2.15. The zero-order valence-electron chi connectivity index (χ0n) is 14.2. The lowest BCUT2D eigenvalue weighted by Crippen LogP contribution is -2.25. The molecule has 0 unspecified atom stereocenters. The molecule has 0 aliphatic heterocycles. The third-order valence-corrected chi connectivity index (χ3v) is 5.13. The van der Waals surface area contributed by atoms with Crippen molar-refractivity contribution in [2.24, 2.45) is 0 Å². The van der Waals surface area contributed by atoms with Gasteiger partial charge in [-0.1, -0.05) is 29.5 Å². The van der Waals surface area contributed by atoms with Crippen LogP contribution in [0.15, 0.2) is 51.0 Å². The third kappa shape index (κ3) is 2.76. The molecule has 7 heteroatoms. The van der Waals surface area contributed by atoms with E-state index in [4.69, 9.17) is 9.15 Å². The highest BCUT2D eigenvalue weighted by Crippen LogP contribution is 2.36. The molecule has 0 radical (unpaired) electrons. The largest absolute Gasteiger partial charge is 0.495 e. The lowest BCUT2D eigenvalue weighted by atomic mass is 10.1. The lowest BCUT2D eigenvalue weighted by Gasteiger charge is -2.11. The molecule has 0 saturated carbocycles. The summed E-state index contributed by atoms with van der Waals surface area (Å²) in [6.07, 6.45) is 0. The summed E-state index contributed by atoms with van der Waals surface area (Å²) in [5.41, 5.74) is 2.69. The molecule has 0 aliphatic carbocycles. The van der Waals surface area contributed by atoms with Crippen molar-refractivity contribution in [1.82, 2.24) is 4.57 Å². The number of furan rings is 1. The molecular weight excluding hydrogens is 352 g/mol. The summed E-state index contributed by atoms with van der Waals surface area (Å²) in [5.74, 6) is 0.231. The minimum atomic E-state index is -0.303. The van der Waals surface area contributed by atoms with Crippen LogP contribution in [0.3, 0.4) is 0 Å². The number of aryl methyl sites for hydroxylation is 1. The number of nitrogens with zero attached hydrogens (tertiary/aromatic N) is 1. The number of anilines is 1. The van der Waals surface area contributed by atoms with Crippen LogP contribution in [-0.4, -0.2) is 17.6 Å². The zero-order valence-corrected chi connectivity index (χ0v) is 15.1. The Morgan fingerprint density at radius 2 is 2.04 bits per heavy atom. The van der Waals surface area contributed by atoms with E-state index in [0.717, 1.165) is 33.4 Å². The Hall–Kier alpha value is -3.06. The number of aromatic nitrogens is 1. The fourth-order valence-corrected chi connectivity index (χ4v) is 3.68. The fraction of sp³-hybridized carbons (Fsp3) is 0.158. The van der Waals surface area contributed by atoms with Gasteiger partial charge in [-0.15, -0.1) is 0 Å². The molecule has 1 amide bonds. The number of methoxy groups -OCH3 is 1. The second-order valence-corrected chi connectivity index (χ2v) is 6.74. The normalized spacial score (nSPS) is 11.2. The van der Waals surface area contributed by atoms with E-state index in [1.54, 1.807) is 25.5 Å². The van der Waals surface area contributed by atoms with Crippen LogP contribution in [0.5, 0.6) is 5.75 Å². The van der Waals surface area contributed by atoms with E-state index in [-0.39, 0.29) is 17.3 Å². The second-order valence-electron chi connectivity index (χ2n) is 5.92.